The Kier molecular flexibility index (Phi) is 29.5. The summed E-state index contributed by atoms with van der Waals surface area (Å²) in [7, 11) is 0. The van der Waals surface area contributed by atoms with Crippen LogP contribution in [0.4, 0.5) is 0 Å². The Morgan fingerprint density at radius 2 is 0.679 bits per heavy atom. The summed E-state index contributed by atoms with van der Waals surface area (Å²) in [6.45, 7) is 10.7. The third-order valence-electron chi connectivity index (χ3n) is 3.11. The average molecular weight is 543 g/mol. The first-order valence-corrected chi connectivity index (χ1v) is 9.38. The van der Waals surface area contributed by atoms with Gasteiger partial charge in [-0.2, -0.15) is 0 Å². The topological polar surface area (TPSA) is 112 Å². The van der Waals surface area contributed by atoms with E-state index in [4.69, 9.17) is 15.3 Å². The third-order valence-corrected chi connectivity index (χ3v) is 3.11. The predicted octanol–water partition coefficient (Wildman–Crippen LogP) is 5.45. The number of aliphatic hydroxyl groups is 3. The number of hydrogen-bond acceptors (Lipinski definition) is 6. The smallest absolute Gasteiger partial charge is 0.158 e. The van der Waals surface area contributed by atoms with Crippen LogP contribution in [-0.4, -0.2) is 32.7 Å². The zero-order valence-corrected chi connectivity index (χ0v) is 20.0. The number of ketones is 3. The fourth-order valence-corrected chi connectivity index (χ4v) is 1.17. The quantitative estimate of drug-likeness (QED) is 0.263. The molecule has 0 saturated heterocycles. The van der Waals surface area contributed by atoms with Crippen LogP contribution in [0.25, 0.3) is 0 Å². The number of hydrogen-bond donors (Lipinski definition) is 3. The molecule has 28 heavy (non-hydrogen) atoms. The fraction of sp³-hybridized carbons (Fsp3) is 0.571. The summed E-state index contributed by atoms with van der Waals surface area (Å²) in [5.74, 6) is 0.448. The molecule has 0 fully saturated rings. The summed E-state index contributed by atoms with van der Waals surface area (Å²) < 4.78 is 0. The molecule has 0 unspecified atom stereocenters. The van der Waals surface area contributed by atoms with Crippen molar-refractivity contribution in [2.24, 2.45) is 0 Å². The molecule has 0 saturated carbocycles. The molecule has 7 heteroatoms. The van der Waals surface area contributed by atoms with Crippen LogP contribution in [0.5, 0.6) is 0 Å². The standard InChI is InChI=1S/3C7H12O2.Tb/c3*1-3-6(8)5-7(9)4-2;/h3*5,8H,3-4H2,1-2H3;/b3*6-5-;. The van der Waals surface area contributed by atoms with Crippen molar-refractivity contribution in [1.29, 1.82) is 0 Å². The maximum atomic E-state index is 10.5. The molecule has 3 N–H and O–H groups in total. The van der Waals surface area contributed by atoms with E-state index in [1.165, 1.54) is 18.2 Å². The van der Waals surface area contributed by atoms with Crippen molar-refractivity contribution in [1.82, 2.24) is 0 Å². The van der Waals surface area contributed by atoms with Gasteiger partial charge in [0.05, 0.1) is 17.3 Å². The normalized spacial score (nSPS) is 11.1. The minimum Gasteiger partial charge on any atom is -0.512 e. The molecule has 0 aromatic rings. The molecule has 0 heterocycles. The number of aliphatic hydroxyl groups excluding tert-OH is 3. The average Bonchev–Trinajstić information content (AvgIpc) is 2.67. The van der Waals surface area contributed by atoms with Gasteiger partial charge in [-0.3, -0.25) is 14.4 Å². The molecule has 0 aliphatic heterocycles. The number of rotatable bonds is 9. The minimum atomic E-state index is -0.0191. The van der Waals surface area contributed by atoms with Gasteiger partial charge in [-0.1, -0.05) is 41.5 Å². The number of allylic oxidation sites excluding steroid dienone is 6. The van der Waals surface area contributed by atoms with Gasteiger partial charge in [-0.15, -0.1) is 0 Å². The Balaban J connectivity index is -0.000000152. The van der Waals surface area contributed by atoms with Crippen LogP contribution in [-0.2, 0) is 14.4 Å². The van der Waals surface area contributed by atoms with Crippen LogP contribution >= 0.6 is 0 Å². The second-order valence-corrected chi connectivity index (χ2v) is 5.43. The van der Waals surface area contributed by atoms with Gasteiger partial charge in [0.1, 0.15) is 0 Å². The van der Waals surface area contributed by atoms with Crippen molar-refractivity contribution >= 4 is 17.3 Å². The van der Waals surface area contributed by atoms with Gasteiger partial charge < -0.3 is 15.3 Å². The Hall–Kier alpha value is -1.08. The first kappa shape index (κ1) is 34.4. The van der Waals surface area contributed by atoms with E-state index >= 15 is 0 Å². The summed E-state index contributed by atoms with van der Waals surface area (Å²) in [5.41, 5.74) is 0. The van der Waals surface area contributed by atoms with E-state index in [0.29, 0.717) is 38.5 Å². The Labute approximate surface area is 200 Å². The number of carbonyl (C=O) groups excluding carboxylic acids is 3. The predicted molar refractivity (Wildman–Crippen MR) is 109 cm³/mol. The van der Waals surface area contributed by atoms with Crippen molar-refractivity contribution in [2.45, 2.75) is 80.1 Å². The van der Waals surface area contributed by atoms with E-state index in [2.05, 4.69) is 0 Å². The van der Waals surface area contributed by atoms with Gasteiger partial charge in [-0.05, 0) is 0 Å². The summed E-state index contributed by atoms with van der Waals surface area (Å²) in [6, 6.07) is 0. The van der Waals surface area contributed by atoms with E-state index < -0.39 is 0 Å². The molecule has 6 nitrogen and oxygen atoms in total. The van der Waals surface area contributed by atoms with Gasteiger partial charge >= 0.3 is 0 Å². The fourth-order valence-electron chi connectivity index (χ4n) is 1.17. The molecule has 0 spiro atoms. The van der Waals surface area contributed by atoms with Crippen molar-refractivity contribution in [3.05, 3.63) is 35.5 Å². The first-order chi connectivity index (χ1) is 12.6. The molecule has 1 radical (unpaired) electrons. The van der Waals surface area contributed by atoms with E-state index in [0.717, 1.165) is 0 Å². The van der Waals surface area contributed by atoms with Gasteiger partial charge in [0.25, 0.3) is 0 Å². The second kappa shape index (κ2) is 24.0. The van der Waals surface area contributed by atoms with E-state index in [1.54, 1.807) is 41.5 Å². The first-order valence-electron chi connectivity index (χ1n) is 9.38. The van der Waals surface area contributed by atoms with Gasteiger partial charge in [-0.25, -0.2) is 0 Å². The molecule has 0 bridgehead atoms. The van der Waals surface area contributed by atoms with Crippen LogP contribution in [0.1, 0.15) is 80.1 Å². The molecule has 0 atom stereocenters. The van der Waals surface area contributed by atoms with Gasteiger partial charge in [0.15, 0.2) is 17.3 Å². The zero-order valence-electron chi connectivity index (χ0n) is 17.9. The number of carbonyl (C=O) groups is 3. The molecule has 0 rings (SSSR count). The Bertz CT molecular complexity index is 457. The molecule has 0 amide bonds. The van der Waals surface area contributed by atoms with Crippen LogP contribution in [0.2, 0.25) is 0 Å². The Morgan fingerprint density at radius 3 is 0.786 bits per heavy atom. The summed E-state index contributed by atoms with van der Waals surface area (Å²) in [6.07, 6.45) is 6.82. The molecule has 0 aromatic carbocycles. The van der Waals surface area contributed by atoms with Crippen molar-refractivity contribution < 1.29 is 68.3 Å². The van der Waals surface area contributed by atoms with Crippen LogP contribution in [0, 0.1) is 38.6 Å². The third kappa shape index (κ3) is 27.1. The van der Waals surface area contributed by atoms with Crippen molar-refractivity contribution in [2.75, 3.05) is 0 Å². The molecular formula is C21H36O6Tb. The van der Waals surface area contributed by atoms with E-state index in [-0.39, 0.29) is 73.2 Å². The SMILES string of the molecule is CCC(=O)/C=C(\O)CC.CCC(=O)/C=C(\O)CC.CCC(=O)/C=C(\O)CC.[Tb]. The minimum absolute atomic E-state index is 0. The maximum absolute atomic E-state index is 10.5. The molecule has 0 aromatic heterocycles. The summed E-state index contributed by atoms with van der Waals surface area (Å²) >= 11 is 0. The Morgan fingerprint density at radius 1 is 0.500 bits per heavy atom. The molecule has 0 aliphatic rings. The molecule has 0 aliphatic carbocycles. The largest absolute Gasteiger partial charge is 0.512 e. The zero-order chi connectivity index (χ0) is 21.8. The van der Waals surface area contributed by atoms with Crippen molar-refractivity contribution in [3.8, 4) is 0 Å². The van der Waals surface area contributed by atoms with Crippen LogP contribution < -0.4 is 0 Å². The van der Waals surface area contributed by atoms with Crippen LogP contribution in [0.15, 0.2) is 35.5 Å². The summed E-state index contributed by atoms with van der Waals surface area (Å²) in [5, 5.41) is 26.4. The maximum Gasteiger partial charge on any atom is 0.158 e. The monoisotopic (exact) mass is 543 g/mol. The van der Waals surface area contributed by atoms with Gasteiger partial charge in [0.2, 0.25) is 0 Å². The molecular weight excluding hydrogens is 507 g/mol. The van der Waals surface area contributed by atoms with E-state index in [1.807, 2.05) is 0 Å². The van der Waals surface area contributed by atoms with Gasteiger partial charge in [0, 0.05) is 95.4 Å². The summed E-state index contributed by atoms with van der Waals surface area (Å²) in [4.78, 5) is 31.6. The van der Waals surface area contributed by atoms with Crippen molar-refractivity contribution in [3.63, 3.8) is 0 Å². The second-order valence-electron chi connectivity index (χ2n) is 5.43. The molecule has 165 valence electrons. The van der Waals surface area contributed by atoms with Crippen LogP contribution in [0.3, 0.4) is 0 Å². The van der Waals surface area contributed by atoms with E-state index in [9.17, 15) is 14.4 Å².